The number of amides is 1. The van der Waals surface area contributed by atoms with E-state index in [0.717, 1.165) is 12.1 Å². The first-order chi connectivity index (χ1) is 10.5. The number of rotatable bonds is 5. The van der Waals surface area contributed by atoms with Crippen molar-refractivity contribution in [3.8, 4) is 0 Å². The molecule has 0 aliphatic rings. The fourth-order valence-corrected chi connectivity index (χ4v) is 2.85. The van der Waals surface area contributed by atoms with Crippen LogP contribution in [0.5, 0.6) is 0 Å². The van der Waals surface area contributed by atoms with Gasteiger partial charge in [0.15, 0.2) is 11.6 Å². The summed E-state index contributed by atoms with van der Waals surface area (Å²) in [5, 5.41) is 2.73. The van der Waals surface area contributed by atoms with Crippen molar-refractivity contribution in [2.75, 3.05) is 11.1 Å². The first-order valence-corrected chi connectivity index (χ1v) is 7.76. The largest absolute Gasteiger partial charge is 0.325 e. The molecule has 2 rings (SSSR count). The molecule has 2 aromatic carbocycles. The molecule has 116 valence electrons. The molecule has 1 N–H and O–H groups in total. The lowest BCUT2D eigenvalue weighted by molar-refractivity contribution is -0.113. The van der Waals surface area contributed by atoms with E-state index in [1.165, 1.54) is 30.0 Å². The number of anilines is 1. The zero-order valence-corrected chi connectivity index (χ0v) is 12.8. The second kappa shape index (κ2) is 7.56. The summed E-state index contributed by atoms with van der Waals surface area (Å²) in [6.45, 7) is 0. The van der Waals surface area contributed by atoms with Crippen LogP contribution in [-0.2, 0) is 10.5 Å². The molecule has 1 amide bonds. The van der Waals surface area contributed by atoms with E-state index >= 15 is 0 Å². The highest BCUT2D eigenvalue weighted by Gasteiger charge is 2.10. The van der Waals surface area contributed by atoms with Crippen LogP contribution in [0.4, 0.5) is 18.9 Å². The fourth-order valence-electron chi connectivity index (χ4n) is 1.69. The van der Waals surface area contributed by atoms with Gasteiger partial charge in [0.1, 0.15) is 5.82 Å². The molecule has 7 heteroatoms. The van der Waals surface area contributed by atoms with Crippen molar-refractivity contribution in [2.45, 2.75) is 5.75 Å². The molecule has 0 spiro atoms. The van der Waals surface area contributed by atoms with Gasteiger partial charge in [0.2, 0.25) is 5.91 Å². The Morgan fingerprint density at radius 1 is 1.09 bits per heavy atom. The number of carbonyl (C=O) groups excluding carboxylic acids is 1. The minimum absolute atomic E-state index is 0.0314. The normalized spacial score (nSPS) is 10.5. The second-order valence-electron chi connectivity index (χ2n) is 4.37. The summed E-state index contributed by atoms with van der Waals surface area (Å²) in [7, 11) is 0. The summed E-state index contributed by atoms with van der Waals surface area (Å²) in [5.74, 6) is -2.59. The third-order valence-corrected chi connectivity index (χ3v) is 4.06. The lowest BCUT2D eigenvalue weighted by atomic mass is 10.2. The first-order valence-electron chi connectivity index (χ1n) is 6.23. The van der Waals surface area contributed by atoms with E-state index in [-0.39, 0.29) is 17.2 Å². The number of hydrogen-bond acceptors (Lipinski definition) is 2. The molecule has 0 heterocycles. The number of thioether (sulfide) groups is 1. The van der Waals surface area contributed by atoms with E-state index in [1.807, 2.05) is 0 Å². The van der Waals surface area contributed by atoms with Crippen LogP contribution in [0.2, 0.25) is 5.02 Å². The van der Waals surface area contributed by atoms with E-state index in [2.05, 4.69) is 5.32 Å². The standard InChI is InChI=1S/C15H11ClF3NOS/c16-11-2-1-3-12(17)10(11)7-22-8-15(21)20-9-4-5-13(18)14(19)6-9/h1-6H,7-8H2,(H,20,21). The number of hydrogen-bond donors (Lipinski definition) is 1. The zero-order valence-electron chi connectivity index (χ0n) is 11.2. The molecule has 0 bridgehead atoms. The van der Waals surface area contributed by atoms with Crippen LogP contribution in [0.3, 0.4) is 0 Å². The van der Waals surface area contributed by atoms with Gasteiger partial charge in [0, 0.05) is 28.1 Å². The predicted octanol–water partition coefficient (Wildman–Crippen LogP) is 4.63. The average Bonchev–Trinajstić information content (AvgIpc) is 2.46. The first kappa shape index (κ1) is 16.7. The SMILES string of the molecule is O=C(CSCc1c(F)cccc1Cl)Nc1ccc(F)c(F)c1. The van der Waals surface area contributed by atoms with E-state index in [1.54, 1.807) is 6.07 Å². The van der Waals surface area contributed by atoms with Crippen LogP contribution in [-0.4, -0.2) is 11.7 Å². The van der Waals surface area contributed by atoms with Crippen molar-refractivity contribution in [3.05, 3.63) is 64.4 Å². The van der Waals surface area contributed by atoms with Crippen LogP contribution >= 0.6 is 23.4 Å². The third-order valence-electron chi connectivity index (χ3n) is 2.74. The van der Waals surface area contributed by atoms with Crippen LogP contribution in [0.1, 0.15) is 5.56 Å². The van der Waals surface area contributed by atoms with Gasteiger partial charge in [0.25, 0.3) is 0 Å². The van der Waals surface area contributed by atoms with Crippen molar-refractivity contribution >= 4 is 35.0 Å². The average molecular weight is 346 g/mol. The van der Waals surface area contributed by atoms with Gasteiger partial charge in [-0.15, -0.1) is 11.8 Å². The molecular formula is C15H11ClF3NOS. The van der Waals surface area contributed by atoms with Crippen molar-refractivity contribution < 1.29 is 18.0 Å². The molecule has 0 aliphatic carbocycles. The second-order valence-corrected chi connectivity index (χ2v) is 5.76. The zero-order chi connectivity index (χ0) is 16.1. The van der Waals surface area contributed by atoms with E-state index < -0.39 is 23.4 Å². The van der Waals surface area contributed by atoms with Crippen molar-refractivity contribution in [3.63, 3.8) is 0 Å². The summed E-state index contributed by atoms with van der Waals surface area (Å²) >= 11 is 7.04. The number of nitrogens with one attached hydrogen (secondary N) is 1. The Morgan fingerprint density at radius 2 is 1.86 bits per heavy atom. The predicted molar refractivity (Wildman–Crippen MR) is 82.6 cm³/mol. The monoisotopic (exact) mass is 345 g/mol. The number of halogens is 4. The molecule has 0 unspecified atom stereocenters. The third kappa shape index (κ3) is 4.42. The Balaban J connectivity index is 1.86. The Kier molecular flexibility index (Phi) is 5.74. The minimum Gasteiger partial charge on any atom is -0.325 e. The summed E-state index contributed by atoms with van der Waals surface area (Å²) in [6, 6.07) is 7.45. The smallest absolute Gasteiger partial charge is 0.234 e. The van der Waals surface area contributed by atoms with Gasteiger partial charge in [-0.2, -0.15) is 0 Å². The summed E-state index contributed by atoms with van der Waals surface area (Å²) < 4.78 is 39.3. The van der Waals surface area contributed by atoms with Crippen molar-refractivity contribution in [2.24, 2.45) is 0 Å². The molecule has 0 aliphatic heterocycles. The van der Waals surface area contributed by atoms with Crippen molar-refractivity contribution in [1.29, 1.82) is 0 Å². The fraction of sp³-hybridized carbons (Fsp3) is 0.133. The van der Waals surface area contributed by atoms with Gasteiger partial charge in [-0.3, -0.25) is 4.79 Å². The maximum Gasteiger partial charge on any atom is 0.234 e. The van der Waals surface area contributed by atoms with Gasteiger partial charge in [-0.05, 0) is 24.3 Å². The number of benzene rings is 2. The Hall–Kier alpha value is -1.66. The molecule has 22 heavy (non-hydrogen) atoms. The maximum absolute atomic E-state index is 13.5. The molecule has 0 aromatic heterocycles. The molecule has 0 saturated heterocycles. The maximum atomic E-state index is 13.5. The molecular weight excluding hydrogens is 335 g/mol. The number of carbonyl (C=O) groups is 1. The van der Waals surface area contributed by atoms with E-state index in [4.69, 9.17) is 11.6 Å². The van der Waals surface area contributed by atoms with Gasteiger partial charge in [0.05, 0.1) is 5.75 Å². The Bertz CT molecular complexity index is 676. The molecule has 2 nitrogen and oxygen atoms in total. The van der Waals surface area contributed by atoms with Gasteiger partial charge in [-0.1, -0.05) is 17.7 Å². The van der Waals surface area contributed by atoms with Gasteiger partial charge in [-0.25, -0.2) is 13.2 Å². The Morgan fingerprint density at radius 3 is 2.55 bits per heavy atom. The quantitative estimate of drug-likeness (QED) is 0.856. The van der Waals surface area contributed by atoms with E-state index in [0.29, 0.717) is 10.6 Å². The molecule has 2 aromatic rings. The highest BCUT2D eigenvalue weighted by Crippen LogP contribution is 2.24. The molecule has 0 radical (unpaired) electrons. The lowest BCUT2D eigenvalue weighted by Gasteiger charge is -2.07. The van der Waals surface area contributed by atoms with Crippen molar-refractivity contribution in [1.82, 2.24) is 0 Å². The molecule has 0 fully saturated rings. The van der Waals surface area contributed by atoms with E-state index in [9.17, 15) is 18.0 Å². The van der Waals surface area contributed by atoms with Gasteiger partial charge >= 0.3 is 0 Å². The Labute approximate surface area is 134 Å². The van der Waals surface area contributed by atoms with Gasteiger partial charge < -0.3 is 5.32 Å². The highest BCUT2D eigenvalue weighted by atomic mass is 35.5. The van der Waals surface area contributed by atoms with Crippen LogP contribution < -0.4 is 5.32 Å². The highest BCUT2D eigenvalue weighted by molar-refractivity contribution is 7.99. The van der Waals surface area contributed by atoms with Crippen LogP contribution in [0.25, 0.3) is 0 Å². The topological polar surface area (TPSA) is 29.1 Å². The van der Waals surface area contributed by atoms with Crippen LogP contribution in [0, 0.1) is 17.5 Å². The minimum atomic E-state index is -1.04. The lowest BCUT2D eigenvalue weighted by Crippen LogP contribution is -2.14. The molecule has 0 saturated carbocycles. The summed E-state index contributed by atoms with van der Waals surface area (Å²) in [4.78, 5) is 11.7. The molecule has 0 atom stereocenters. The summed E-state index contributed by atoms with van der Waals surface area (Å²) in [5.41, 5.74) is 0.489. The van der Waals surface area contributed by atoms with Crippen LogP contribution in [0.15, 0.2) is 36.4 Å². The summed E-state index contributed by atoms with van der Waals surface area (Å²) in [6.07, 6.45) is 0.